The van der Waals surface area contributed by atoms with Crippen molar-refractivity contribution in [1.82, 2.24) is 5.32 Å². The third-order valence-corrected chi connectivity index (χ3v) is 3.51. The fourth-order valence-electron chi connectivity index (χ4n) is 2.35. The van der Waals surface area contributed by atoms with Crippen molar-refractivity contribution >= 4 is 22.5 Å². The van der Waals surface area contributed by atoms with Crippen LogP contribution < -0.4 is 10.6 Å². The summed E-state index contributed by atoms with van der Waals surface area (Å²) >= 11 is 0. The lowest BCUT2D eigenvalue weighted by molar-refractivity contribution is 0.252. The highest BCUT2D eigenvalue weighted by molar-refractivity contribution is 6.03. The van der Waals surface area contributed by atoms with Crippen LogP contribution in [0.3, 0.4) is 0 Å². The summed E-state index contributed by atoms with van der Waals surface area (Å²) in [6.07, 6.45) is 0. The molecule has 3 aromatic carbocycles. The number of benzene rings is 3. The summed E-state index contributed by atoms with van der Waals surface area (Å²) in [5, 5.41) is 16.7. The molecule has 0 saturated carbocycles. The monoisotopic (exact) mass is 310 g/mol. The van der Waals surface area contributed by atoms with Gasteiger partial charge in [-0.1, -0.05) is 36.4 Å². The zero-order valence-electron chi connectivity index (χ0n) is 12.2. The van der Waals surface area contributed by atoms with E-state index in [2.05, 4.69) is 10.6 Å². The van der Waals surface area contributed by atoms with Gasteiger partial charge in [0, 0.05) is 17.3 Å². The minimum absolute atomic E-state index is 0.165. The molecule has 0 atom stereocenters. The summed E-state index contributed by atoms with van der Waals surface area (Å²) in [4.78, 5) is 12.0. The predicted octanol–water partition coefficient (Wildman–Crippen LogP) is 4.01. The number of hydrogen-bond acceptors (Lipinski definition) is 2. The summed E-state index contributed by atoms with van der Waals surface area (Å²) in [7, 11) is 0. The molecule has 3 N–H and O–H groups in total. The van der Waals surface area contributed by atoms with Crippen LogP contribution in [0.25, 0.3) is 10.8 Å². The number of carbonyl (C=O) groups is 1. The van der Waals surface area contributed by atoms with Gasteiger partial charge >= 0.3 is 6.03 Å². The van der Waals surface area contributed by atoms with Gasteiger partial charge in [-0.3, -0.25) is 0 Å². The molecule has 0 saturated heterocycles. The fourth-order valence-corrected chi connectivity index (χ4v) is 2.35. The standard InChI is InChI=1S/C18H15FN2O2/c19-13-9-7-12(8-10-13)11-20-18(23)21-16-5-1-4-15-14(16)3-2-6-17(15)22/h1-10,22H,11H2,(H2,20,21,23). The van der Waals surface area contributed by atoms with Gasteiger partial charge in [-0.05, 0) is 29.8 Å². The Labute approximate surface area is 132 Å². The molecule has 0 aliphatic carbocycles. The van der Waals surface area contributed by atoms with Crippen LogP contribution in [0.15, 0.2) is 60.7 Å². The number of nitrogens with one attached hydrogen (secondary N) is 2. The molecule has 0 heterocycles. The highest BCUT2D eigenvalue weighted by Crippen LogP contribution is 2.29. The minimum Gasteiger partial charge on any atom is -0.507 e. The second-order valence-corrected chi connectivity index (χ2v) is 5.11. The molecule has 3 rings (SSSR count). The maximum atomic E-state index is 12.8. The summed E-state index contributed by atoms with van der Waals surface area (Å²) in [6.45, 7) is 0.294. The molecular weight excluding hydrogens is 295 g/mol. The number of aromatic hydroxyl groups is 1. The SMILES string of the molecule is O=C(NCc1ccc(F)cc1)Nc1cccc2c(O)cccc12. The van der Waals surface area contributed by atoms with Crippen LogP contribution in [0, 0.1) is 5.82 Å². The van der Waals surface area contributed by atoms with Crippen molar-refractivity contribution in [2.45, 2.75) is 6.54 Å². The molecule has 0 radical (unpaired) electrons. The normalized spacial score (nSPS) is 10.5. The van der Waals surface area contributed by atoms with E-state index in [4.69, 9.17) is 0 Å². The van der Waals surface area contributed by atoms with Gasteiger partial charge in [-0.25, -0.2) is 9.18 Å². The summed E-state index contributed by atoms with van der Waals surface area (Å²) in [6, 6.07) is 16.0. The van der Waals surface area contributed by atoms with Crippen LogP contribution in [-0.4, -0.2) is 11.1 Å². The molecule has 3 aromatic rings. The first kappa shape index (κ1) is 14.8. The highest BCUT2D eigenvalue weighted by atomic mass is 19.1. The second-order valence-electron chi connectivity index (χ2n) is 5.11. The van der Waals surface area contributed by atoms with E-state index >= 15 is 0 Å². The fraction of sp³-hybridized carbons (Fsp3) is 0.0556. The van der Waals surface area contributed by atoms with E-state index in [0.717, 1.165) is 10.9 Å². The summed E-state index contributed by atoms with van der Waals surface area (Å²) in [5.41, 5.74) is 1.41. The van der Waals surface area contributed by atoms with Crippen LogP contribution in [0.2, 0.25) is 0 Å². The second kappa shape index (κ2) is 6.36. The van der Waals surface area contributed by atoms with Crippen LogP contribution in [0.5, 0.6) is 5.75 Å². The molecule has 0 aliphatic rings. The first-order valence-electron chi connectivity index (χ1n) is 7.13. The molecule has 23 heavy (non-hydrogen) atoms. The predicted molar refractivity (Wildman–Crippen MR) is 87.9 cm³/mol. The van der Waals surface area contributed by atoms with Gasteiger partial charge in [-0.2, -0.15) is 0 Å². The minimum atomic E-state index is -0.370. The van der Waals surface area contributed by atoms with Crippen molar-refractivity contribution in [3.05, 3.63) is 72.0 Å². The first-order valence-corrected chi connectivity index (χ1v) is 7.13. The van der Waals surface area contributed by atoms with E-state index in [-0.39, 0.29) is 17.6 Å². The highest BCUT2D eigenvalue weighted by Gasteiger charge is 2.07. The Balaban J connectivity index is 1.71. The third kappa shape index (κ3) is 3.40. The Morgan fingerprint density at radius 1 is 0.957 bits per heavy atom. The Morgan fingerprint density at radius 3 is 2.43 bits per heavy atom. The Hall–Kier alpha value is -3.08. The molecule has 0 spiro atoms. The van der Waals surface area contributed by atoms with Crippen LogP contribution in [0.4, 0.5) is 14.9 Å². The van der Waals surface area contributed by atoms with E-state index < -0.39 is 0 Å². The van der Waals surface area contributed by atoms with Gasteiger partial charge in [0.05, 0.1) is 5.69 Å². The van der Waals surface area contributed by atoms with Crippen molar-refractivity contribution in [2.24, 2.45) is 0 Å². The lowest BCUT2D eigenvalue weighted by atomic mass is 10.1. The Kier molecular flexibility index (Phi) is 4.10. The number of halogens is 1. The smallest absolute Gasteiger partial charge is 0.319 e. The van der Waals surface area contributed by atoms with E-state index in [1.165, 1.54) is 12.1 Å². The van der Waals surface area contributed by atoms with Crippen molar-refractivity contribution in [2.75, 3.05) is 5.32 Å². The number of urea groups is 1. The number of phenols is 1. The molecule has 0 fully saturated rings. The maximum Gasteiger partial charge on any atom is 0.319 e. The maximum absolute atomic E-state index is 12.8. The molecule has 0 unspecified atom stereocenters. The molecular formula is C18H15FN2O2. The first-order chi connectivity index (χ1) is 11.1. The number of rotatable bonds is 3. The molecule has 116 valence electrons. The summed E-state index contributed by atoms with van der Waals surface area (Å²) in [5.74, 6) is -0.147. The van der Waals surface area contributed by atoms with Gasteiger partial charge in [0.2, 0.25) is 0 Å². The van der Waals surface area contributed by atoms with Gasteiger partial charge in [0.25, 0.3) is 0 Å². The summed E-state index contributed by atoms with van der Waals surface area (Å²) < 4.78 is 12.8. The van der Waals surface area contributed by atoms with Gasteiger partial charge in [0.15, 0.2) is 0 Å². The Bertz CT molecular complexity index is 847. The van der Waals surface area contributed by atoms with Crippen molar-refractivity contribution in [3.8, 4) is 5.75 Å². The van der Waals surface area contributed by atoms with E-state index in [1.807, 2.05) is 6.07 Å². The lowest BCUT2D eigenvalue weighted by Gasteiger charge is -2.11. The number of fused-ring (bicyclic) bond motifs is 1. The van der Waals surface area contributed by atoms with E-state index in [0.29, 0.717) is 17.6 Å². The quantitative estimate of drug-likeness (QED) is 0.684. The molecule has 0 aliphatic heterocycles. The average Bonchev–Trinajstić information content (AvgIpc) is 2.55. The van der Waals surface area contributed by atoms with Crippen LogP contribution >= 0.6 is 0 Å². The number of amides is 2. The molecule has 0 aromatic heterocycles. The zero-order chi connectivity index (χ0) is 16.2. The van der Waals surface area contributed by atoms with Crippen LogP contribution in [0.1, 0.15) is 5.56 Å². The topological polar surface area (TPSA) is 61.4 Å². The number of anilines is 1. The van der Waals surface area contributed by atoms with Crippen molar-refractivity contribution in [1.29, 1.82) is 0 Å². The van der Waals surface area contributed by atoms with Crippen LogP contribution in [-0.2, 0) is 6.54 Å². The number of hydrogen-bond donors (Lipinski definition) is 3. The number of carbonyl (C=O) groups excluding carboxylic acids is 1. The molecule has 4 nitrogen and oxygen atoms in total. The molecule has 5 heteroatoms. The van der Waals surface area contributed by atoms with Crippen molar-refractivity contribution < 1.29 is 14.3 Å². The third-order valence-electron chi connectivity index (χ3n) is 3.51. The van der Waals surface area contributed by atoms with Gasteiger partial charge in [0.1, 0.15) is 11.6 Å². The molecule has 2 amide bonds. The van der Waals surface area contributed by atoms with Gasteiger partial charge in [-0.15, -0.1) is 0 Å². The van der Waals surface area contributed by atoms with Gasteiger partial charge < -0.3 is 15.7 Å². The largest absolute Gasteiger partial charge is 0.507 e. The number of phenolic OH excluding ortho intramolecular Hbond substituents is 1. The van der Waals surface area contributed by atoms with E-state index in [9.17, 15) is 14.3 Å². The zero-order valence-corrected chi connectivity index (χ0v) is 12.2. The average molecular weight is 310 g/mol. The van der Waals surface area contributed by atoms with Crippen molar-refractivity contribution in [3.63, 3.8) is 0 Å². The lowest BCUT2D eigenvalue weighted by Crippen LogP contribution is -2.28. The Morgan fingerprint density at radius 2 is 1.65 bits per heavy atom. The van der Waals surface area contributed by atoms with E-state index in [1.54, 1.807) is 42.5 Å². The molecule has 0 bridgehead atoms.